The predicted molar refractivity (Wildman–Crippen MR) is 84.4 cm³/mol. The van der Waals surface area contributed by atoms with Crippen LogP contribution in [0.25, 0.3) is 0 Å². The van der Waals surface area contributed by atoms with Gasteiger partial charge in [-0.2, -0.15) is 0 Å². The first-order chi connectivity index (χ1) is 9.58. The zero-order valence-corrected chi connectivity index (χ0v) is 14.0. The molecule has 0 radical (unpaired) electrons. The molecule has 20 heavy (non-hydrogen) atoms. The fourth-order valence-electron chi connectivity index (χ4n) is 1.65. The van der Waals surface area contributed by atoms with Crippen molar-refractivity contribution >= 4 is 15.9 Å². The zero-order valence-electron chi connectivity index (χ0n) is 12.4. The van der Waals surface area contributed by atoms with E-state index in [4.69, 9.17) is 19.9 Å². The van der Waals surface area contributed by atoms with Crippen LogP contribution in [0.4, 0.5) is 0 Å². The van der Waals surface area contributed by atoms with Crippen molar-refractivity contribution in [3.8, 4) is 11.5 Å². The molecular weight excluding hydrogens is 322 g/mol. The highest BCUT2D eigenvalue weighted by Crippen LogP contribution is 2.36. The second kappa shape index (κ2) is 9.21. The van der Waals surface area contributed by atoms with E-state index in [1.165, 1.54) is 0 Å². The number of hydrogen-bond acceptors (Lipinski definition) is 4. The molecule has 0 saturated carbocycles. The van der Waals surface area contributed by atoms with Gasteiger partial charge in [-0.15, -0.1) is 0 Å². The average Bonchev–Trinajstić information content (AvgIpc) is 2.42. The topological polar surface area (TPSA) is 53.7 Å². The van der Waals surface area contributed by atoms with Crippen LogP contribution in [0.3, 0.4) is 0 Å². The van der Waals surface area contributed by atoms with Crippen LogP contribution in [0.15, 0.2) is 16.6 Å². The van der Waals surface area contributed by atoms with Crippen molar-refractivity contribution in [3.05, 3.63) is 22.2 Å². The van der Waals surface area contributed by atoms with Crippen molar-refractivity contribution in [2.75, 3.05) is 26.9 Å². The molecule has 0 bridgehead atoms. The summed E-state index contributed by atoms with van der Waals surface area (Å²) in [6, 6.07) is 3.83. The standard InChI is InChI=1S/C15H24BrNO3/c1-11(2)4-5-19-6-7-20-15-13(16)8-12(10-17)9-14(15)18-3/h8-9,11H,4-7,10,17H2,1-3H3. The monoisotopic (exact) mass is 345 g/mol. The van der Waals surface area contributed by atoms with Crippen LogP contribution in [-0.2, 0) is 11.3 Å². The van der Waals surface area contributed by atoms with Crippen LogP contribution in [-0.4, -0.2) is 26.9 Å². The maximum atomic E-state index is 5.73. The van der Waals surface area contributed by atoms with E-state index in [0.717, 1.165) is 23.1 Å². The van der Waals surface area contributed by atoms with E-state index in [1.54, 1.807) is 7.11 Å². The number of rotatable bonds is 9. The highest BCUT2D eigenvalue weighted by molar-refractivity contribution is 9.10. The van der Waals surface area contributed by atoms with E-state index in [0.29, 0.717) is 37.2 Å². The van der Waals surface area contributed by atoms with Crippen molar-refractivity contribution in [2.24, 2.45) is 11.7 Å². The quantitative estimate of drug-likeness (QED) is 0.697. The van der Waals surface area contributed by atoms with Gasteiger partial charge in [-0.05, 0) is 46.0 Å². The minimum absolute atomic E-state index is 0.466. The molecule has 5 heteroatoms. The lowest BCUT2D eigenvalue weighted by Gasteiger charge is -2.14. The summed E-state index contributed by atoms with van der Waals surface area (Å²) in [5, 5.41) is 0. The number of hydrogen-bond donors (Lipinski definition) is 1. The molecule has 0 fully saturated rings. The number of benzene rings is 1. The van der Waals surface area contributed by atoms with E-state index in [-0.39, 0.29) is 0 Å². The Labute approximate surface area is 129 Å². The summed E-state index contributed by atoms with van der Waals surface area (Å²) in [5.41, 5.74) is 6.63. The highest BCUT2D eigenvalue weighted by Gasteiger charge is 2.11. The van der Waals surface area contributed by atoms with E-state index < -0.39 is 0 Å². The molecule has 0 heterocycles. The molecule has 0 aliphatic heterocycles. The molecule has 1 aromatic rings. The lowest BCUT2D eigenvalue weighted by Crippen LogP contribution is -2.10. The lowest BCUT2D eigenvalue weighted by molar-refractivity contribution is 0.0914. The molecule has 0 unspecified atom stereocenters. The third kappa shape index (κ3) is 5.69. The molecule has 2 N–H and O–H groups in total. The maximum absolute atomic E-state index is 5.73. The Balaban J connectivity index is 2.47. The molecule has 0 atom stereocenters. The second-order valence-electron chi connectivity index (χ2n) is 4.96. The smallest absolute Gasteiger partial charge is 0.175 e. The summed E-state index contributed by atoms with van der Waals surface area (Å²) in [4.78, 5) is 0. The molecule has 114 valence electrons. The van der Waals surface area contributed by atoms with Gasteiger partial charge in [0.05, 0.1) is 18.2 Å². The molecule has 1 rings (SSSR count). The highest BCUT2D eigenvalue weighted by atomic mass is 79.9. The van der Waals surface area contributed by atoms with Crippen LogP contribution in [0.5, 0.6) is 11.5 Å². The molecule has 0 spiro atoms. The molecule has 4 nitrogen and oxygen atoms in total. The third-order valence-corrected chi connectivity index (χ3v) is 3.43. The van der Waals surface area contributed by atoms with Crippen LogP contribution < -0.4 is 15.2 Å². The van der Waals surface area contributed by atoms with Crippen LogP contribution >= 0.6 is 15.9 Å². The van der Waals surface area contributed by atoms with Crippen LogP contribution in [0, 0.1) is 5.92 Å². The van der Waals surface area contributed by atoms with Gasteiger partial charge < -0.3 is 19.9 Å². The van der Waals surface area contributed by atoms with Gasteiger partial charge in [0.1, 0.15) is 6.61 Å². The molecule has 1 aromatic carbocycles. The van der Waals surface area contributed by atoms with Crippen molar-refractivity contribution in [3.63, 3.8) is 0 Å². The Morgan fingerprint density at radius 1 is 1.20 bits per heavy atom. The summed E-state index contributed by atoms with van der Waals surface area (Å²) in [7, 11) is 1.62. The Morgan fingerprint density at radius 2 is 1.95 bits per heavy atom. The molecule has 0 saturated heterocycles. The van der Waals surface area contributed by atoms with E-state index in [1.807, 2.05) is 12.1 Å². The van der Waals surface area contributed by atoms with Crippen molar-refractivity contribution < 1.29 is 14.2 Å². The first kappa shape index (κ1) is 17.3. The fraction of sp³-hybridized carbons (Fsp3) is 0.600. The summed E-state index contributed by atoms with van der Waals surface area (Å²) in [6.45, 7) is 6.66. The van der Waals surface area contributed by atoms with Gasteiger partial charge in [-0.1, -0.05) is 13.8 Å². The molecular formula is C15H24BrNO3. The molecule has 0 amide bonds. The first-order valence-electron chi connectivity index (χ1n) is 6.85. The van der Waals surface area contributed by atoms with E-state index >= 15 is 0 Å². The number of methoxy groups -OCH3 is 1. The lowest BCUT2D eigenvalue weighted by atomic mass is 10.1. The van der Waals surface area contributed by atoms with Crippen molar-refractivity contribution in [1.29, 1.82) is 0 Å². The predicted octanol–water partition coefficient (Wildman–Crippen LogP) is 3.36. The maximum Gasteiger partial charge on any atom is 0.175 e. The Morgan fingerprint density at radius 3 is 2.55 bits per heavy atom. The van der Waals surface area contributed by atoms with Crippen LogP contribution in [0.2, 0.25) is 0 Å². The van der Waals surface area contributed by atoms with Gasteiger partial charge in [0.15, 0.2) is 11.5 Å². The third-order valence-electron chi connectivity index (χ3n) is 2.84. The Bertz CT molecular complexity index is 410. The fourth-order valence-corrected chi connectivity index (χ4v) is 2.26. The average molecular weight is 346 g/mol. The zero-order chi connectivity index (χ0) is 15.0. The molecule has 0 aliphatic carbocycles. The summed E-state index contributed by atoms with van der Waals surface area (Å²) in [5.74, 6) is 2.04. The van der Waals surface area contributed by atoms with Gasteiger partial charge in [-0.25, -0.2) is 0 Å². The Kier molecular flexibility index (Phi) is 7.95. The van der Waals surface area contributed by atoms with Crippen molar-refractivity contribution in [1.82, 2.24) is 0 Å². The number of nitrogens with two attached hydrogens (primary N) is 1. The normalized spacial score (nSPS) is 10.9. The minimum Gasteiger partial charge on any atom is -0.493 e. The number of ether oxygens (including phenoxy) is 3. The minimum atomic E-state index is 0.466. The van der Waals surface area contributed by atoms with Gasteiger partial charge >= 0.3 is 0 Å². The summed E-state index contributed by atoms with van der Waals surface area (Å²) >= 11 is 3.48. The second-order valence-corrected chi connectivity index (χ2v) is 5.81. The first-order valence-corrected chi connectivity index (χ1v) is 7.64. The largest absolute Gasteiger partial charge is 0.493 e. The van der Waals surface area contributed by atoms with E-state index in [2.05, 4.69) is 29.8 Å². The molecule has 0 aliphatic rings. The van der Waals surface area contributed by atoms with Gasteiger partial charge in [0.2, 0.25) is 0 Å². The van der Waals surface area contributed by atoms with Gasteiger partial charge in [0.25, 0.3) is 0 Å². The van der Waals surface area contributed by atoms with Gasteiger partial charge in [0, 0.05) is 13.2 Å². The van der Waals surface area contributed by atoms with E-state index in [9.17, 15) is 0 Å². The Hall–Kier alpha value is -0.780. The number of halogens is 1. The van der Waals surface area contributed by atoms with Crippen LogP contribution in [0.1, 0.15) is 25.8 Å². The van der Waals surface area contributed by atoms with Gasteiger partial charge in [-0.3, -0.25) is 0 Å². The summed E-state index contributed by atoms with van der Waals surface area (Å²) < 4.78 is 17.4. The summed E-state index contributed by atoms with van der Waals surface area (Å²) in [6.07, 6.45) is 1.07. The molecule has 0 aromatic heterocycles. The SMILES string of the molecule is COc1cc(CN)cc(Br)c1OCCOCCC(C)C. The van der Waals surface area contributed by atoms with Crippen molar-refractivity contribution in [2.45, 2.75) is 26.8 Å².